The number of nitrogen functional groups attached to an aromatic ring is 1. The third-order valence-electron chi connectivity index (χ3n) is 4.17. The second-order valence-electron chi connectivity index (χ2n) is 5.66. The molecule has 1 saturated carbocycles. The van der Waals surface area contributed by atoms with E-state index >= 15 is 0 Å². The van der Waals surface area contributed by atoms with Crippen LogP contribution in [0.1, 0.15) is 55.6 Å². The Morgan fingerprint density at radius 2 is 2.17 bits per heavy atom. The molecule has 0 aromatic carbocycles. The summed E-state index contributed by atoms with van der Waals surface area (Å²) >= 11 is 0. The summed E-state index contributed by atoms with van der Waals surface area (Å²) in [5, 5.41) is 0. The maximum absolute atomic E-state index is 6.05. The second-order valence-corrected chi connectivity index (χ2v) is 5.66. The van der Waals surface area contributed by atoms with Crippen molar-refractivity contribution in [3.63, 3.8) is 0 Å². The number of fused-ring (bicyclic) bond motifs is 1. The molecule has 98 valence electrons. The van der Waals surface area contributed by atoms with Gasteiger partial charge in [-0.2, -0.15) is 0 Å². The molecule has 1 aromatic rings. The normalized spacial score (nSPS) is 27.8. The maximum Gasteiger partial charge on any atom is 0.134 e. The number of nitrogens with zero attached hydrogens (tertiary/aromatic N) is 2. The molecule has 2 aliphatic rings. The van der Waals surface area contributed by atoms with E-state index in [2.05, 4.69) is 11.9 Å². The van der Waals surface area contributed by atoms with Crippen LogP contribution in [0.2, 0.25) is 0 Å². The average molecular weight is 247 g/mol. The van der Waals surface area contributed by atoms with Gasteiger partial charge in [-0.3, -0.25) is 0 Å². The molecule has 1 aliphatic carbocycles. The zero-order valence-electron chi connectivity index (χ0n) is 11.0. The summed E-state index contributed by atoms with van der Waals surface area (Å²) in [5.41, 5.74) is 8.17. The molecule has 1 aliphatic heterocycles. The molecule has 18 heavy (non-hydrogen) atoms. The van der Waals surface area contributed by atoms with E-state index in [1.807, 2.05) is 0 Å². The van der Waals surface area contributed by atoms with Crippen molar-refractivity contribution >= 4 is 5.82 Å². The van der Waals surface area contributed by atoms with Gasteiger partial charge in [-0.05, 0) is 18.8 Å². The van der Waals surface area contributed by atoms with Gasteiger partial charge in [0.1, 0.15) is 11.6 Å². The molecular formula is C14H21N3O. The van der Waals surface area contributed by atoms with Gasteiger partial charge in [0.05, 0.1) is 18.9 Å². The lowest BCUT2D eigenvalue weighted by atomic mass is 9.82. The number of anilines is 1. The molecule has 3 rings (SSSR count). The van der Waals surface area contributed by atoms with Gasteiger partial charge in [-0.25, -0.2) is 9.97 Å². The van der Waals surface area contributed by atoms with E-state index in [0.717, 1.165) is 36.0 Å². The first-order chi connectivity index (χ1) is 8.74. The zero-order valence-corrected chi connectivity index (χ0v) is 11.0. The van der Waals surface area contributed by atoms with Crippen molar-refractivity contribution in [2.45, 2.75) is 51.6 Å². The van der Waals surface area contributed by atoms with Crippen molar-refractivity contribution in [3.8, 4) is 0 Å². The Kier molecular flexibility index (Phi) is 3.20. The lowest BCUT2D eigenvalue weighted by Crippen LogP contribution is -2.20. The summed E-state index contributed by atoms with van der Waals surface area (Å²) in [6.07, 6.45) is 5.91. The first kappa shape index (κ1) is 11.9. The van der Waals surface area contributed by atoms with Crippen molar-refractivity contribution in [3.05, 3.63) is 17.1 Å². The second kappa shape index (κ2) is 4.84. The molecule has 0 spiro atoms. The van der Waals surface area contributed by atoms with Crippen molar-refractivity contribution in [2.75, 3.05) is 12.3 Å². The van der Waals surface area contributed by atoms with Crippen LogP contribution in [0.25, 0.3) is 0 Å². The number of nitrogens with two attached hydrogens (primary N) is 1. The molecule has 2 heterocycles. The van der Waals surface area contributed by atoms with E-state index in [4.69, 9.17) is 15.5 Å². The van der Waals surface area contributed by atoms with E-state index in [1.165, 1.54) is 25.7 Å². The molecule has 0 radical (unpaired) electrons. The van der Waals surface area contributed by atoms with Crippen LogP contribution in [0.4, 0.5) is 5.82 Å². The van der Waals surface area contributed by atoms with Gasteiger partial charge in [-0.1, -0.05) is 19.8 Å². The number of rotatable bonds is 1. The lowest BCUT2D eigenvalue weighted by Gasteiger charge is -2.27. The van der Waals surface area contributed by atoms with Crippen LogP contribution in [0, 0.1) is 5.92 Å². The van der Waals surface area contributed by atoms with Crippen molar-refractivity contribution < 1.29 is 4.74 Å². The molecule has 2 unspecified atom stereocenters. The van der Waals surface area contributed by atoms with Gasteiger partial charge < -0.3 is 10.5 Å². The minimum absolute atomic E-state index is 0.504. The molecule has 0 saturated heterocycles. The van der Waals surface area contributed by atoms with Gasteiger partial charge in [0.25, 0.3) is 0 Å². The summed E-state index contributed by atoms with van der Waals surface area (Å²) in [6, 6.07) is 0. The minimum Gasteiger partial charge on any atom is -0.383 e. The van der Waals surface area contributed by atoms with Crippen LogP contribution in [0.5, 0.6) is 0 Å². The topological polar surface area (TPSA) is 61.0 Å². The van der Waals surface area contributed by atoms with Crippen LogP contribution >= 0.6 is 0 Å². The standard InChI is InChI=1S/C14H21N3O/c1-9-3-2-4-10(7-9)14-16-12-5-6-18-8-11(12)13(15)17-14/h9-10H,2-8H2,1H3,(H2,15,16,17). The summed E-state index contributed by atoms with van der Waals surface area (Å²) in [5.74, 6) is 2.89. The van der Waals surface area contributed by atoms with E-state index in [1.54, 1.807) is 0 Å². The summed E-state index contributed by atoms with van der Waals surface area (Å²) in [7, 11) is 0. The molecule has 4 heteroatoms. The Morgan fingerprint density at radius 1 is 1.28 bits per heavy atom. The van der Waals surface area contributed by atoms with Gasteiger partial charge in [0.2, 0.25) is 0 Å². The molecule has 4 nitrogen and oxygen atoms in total. The smallest absolute Gasteiger partial charge is 0.134 e. The number of hydrogen-bond donors (Lipinski definition) is 1. The predicted octanol–water partition coefficient (Wildman–Crippen LogP) is 2.43. The predicted molar refractivity (Wildman–Crippen MR) is 70.2 cm³/mol. The molecule has 0 amide bonds. The Bertz CT molecular complexity index is 447. The van der Waals surface area contributed by atoms with Gasteiger partial charge in [-0.15, -0.1) is 0 Å². The fourth-order valence-electron chi connectivity index (χ4n) is 3.13. The maximum atomic E-state index is 6.05. The van der Waals surface area contributed by atoms with E-state index in [-0.39, 0.29) is 0 Å². The highest BCUT2D eigenvalue weighted by atomic mass is 16.5. The quantitative estimate of drug-likeness (QED) is 0.828. The zero-order chi connectivity index (χ0) is 12.5. The lowest BCUT2D eigenvalue weighted by molar-refractivity contribution is 0.109. The largest absolute Gasteiger partial charge is 0.383 e. The Hall–Kier alpha value is -1.16. The first-order valence-corrected chi connectivity index (χ1v) is 6.97. The Labute approximate surface area is 108 Å². The van der Waals surface area contributed by atoms with Crippen LogP contribution < -0.4 is 5.73 Å². The monoisotopic (exact) mass is 247 g/mol. The minimum atomic E-state index is 0.504. The van der Waals surface area contributed by atoms with E-state index in [0.29, 0.717) is 18.3 Å². The van der Waals surface area contributed by atoms with E-state index < -0.39 is 0 Å². The molecule has 0 bridgehead atoms. The van der Waals surface area contributed by atoms with Gasteiger partial charge in [0, 0.05) is 17.9 Å². The Morgan fingerprint density at radius 3 is 3.00 bits per heavy atom. The summed E-state index contributed by atoms with van der Waals surface area (Å²) < 4.78 is 5.42. The van der Waals surface area contributed by atoms with Crippen molar-refractivity contribution in [1.82, 2.24) is 9.97 Å². The van der Waals surface area contributed by atoms with Crippen LogP contribution in [-0.2, 0) is 17.8 Å². The molecular weight excluding hydrogens is 226 g/mol. The molecule has 1 aromatic heterocycles. The third kappa shape index (κ3) is 2.21. The van der Waals surface area contributed by atoms with Crippen molar-refractivity contribution in [2.24, 2.45) is 5.92 Å². The fraction of sp³-hybridized carbons (Fsp3) is 0.714. The van der Waals surface area contributed by atoms with Crippen LogP contribution in [-0.4, -0.2) is 16.6 Å². The number of ether oxygens (including phenoxy) is 1. The van der Waals surface area contributed by atoms with E-state index in [9.17, 15) is 0 Å². The highest BCUT2D eigenvalue weighted by Gasteiger charge is 2.25. The molecule has 1 fully saturated rings. The summed E-state index contributed by atoms with van der Waals surface area (Å²) in [4.78, 5) is 9.29. The first-order valence-electron chi connectivity index (χ1n) is 6.97. The Balaban J connectivity index is 1.90. The van der Waals surface area contributed by atoms with Gasteiger partial charge >= 0.3 is 0 Å². The fourth-order valence-corrected chi connectivity index (χ4v) is 3.13. The SMILES string of the molecule is CC1CCCC(c2nc(N)c3c(n2)CCOC3)C1. The number of hydrogen-bond acceptors (Lipinski definition) is 4. The third-order valence-corrected chi connectivity index (χ3v) is 4.17. The highest BCUT2D eigenvalue weighted by molar-refractivity contribution is 5.43. The number of aromatic nitrogens is 2. The average Bonchev–Trinajstić information content (AvgIpc) is 2.39. The molecule has 2 atom stereocenters. The van der Waals surface area contributed by atoms with Crippen molar-refractivity contribution in [1.29, 1.82) is 0 Å². The summed E-state index contributed by atoms with van der Waals surface area (Å²) in [6.45, 7) is 3.65. The molecule has 2 N–H and O–H groups in total. The van der Waals surface area contributed by atoms with Gasteiger partial charge in [0.15, 0.2) is 0 Å². The van der Waals surface area contributed by atoms with Crippen LogP contribution in [0.15, 0.2) is 0 Å². The highest BCUT2D eigenvalue weighted by Crippen LogP contribution is 2.35. The van der Waals surface area contributed by atoms with Crippen LogP contribution in [0.3, 0.4) is 0 Å².